The summed E-state index contributed by atoms with van der Waals surface area (Å²) in [6.45, 7) is 0. The molecule has 9 rings (SSSR count). The van der Waals surface area contributed by atoms with Crippen molar-refractivity contribution < 1.29 is 27.8 Å². The molecule has 4 aromatic carbocycles. The predicted molar refractivity (Wildman–Crippen MR) is 160 cm³/mol. The number of H-pyrrole nitrogens is 2. The van der Waals surface area contributed by atoms with Gasteiger partial charge in [-0.05, 0) is 0 Å². The van der Waals surface area contributed by atoms with Crippen molar-refractivity contribution in [1.29, 1.82) is 0 Å². The van der Waals surface area contributed by atoms with Crippen LogP contribution in [0.4, 0.5) is 14.2 Å². The van der Waals surface area contributed by atoms with E-state index in [-0.39, 0.29) is 22.5 Å². The fraction of sp³-hybridized carbons (Fsp3) is 0. The summed E-state index contributed by atoms with van der Waals surface area (Å²) in [5.74, 6) is 1.30. The van der Waals surface area contributed by atoms with E-state index in [0.29, 0.717) is 50.8 Å². The van der Waals surface area contributed by atoms with Gasteiger partial charge in [0, 0.05) is 0 Å². The van der Waals surface area contributed by atoms with E-state index in [1.165, 1.54) is 6.07 Å². The third-order valence-corrected chi connectivity index (χ3v) is 8.87. The van der Waals surface area contributed by atoms with Gasteiger partial charge in [0.1, 0.15) is 0 Å². The molecule has 2 aliphatic rings. The van der Waals surface area contributed by atoms with Crippen molar-refractivity contribution in [1.82, 2.24) is 39.9 Å². The number of halogens is 4. The number of aromatic amines is 2. The van der Waals surface area contributed by atoms with Gasteiger partial charge in [0.25, 0.3) is 0 Å². The number of aromatic nitrogens is 8. The van der Waals surface area contributed by atoms with Crippen molar-refractivity contribution in [2.45, 2.75) is 0 Å². The number of rotatable bonds is 1. The van der Waals surface area contributed by atoms with Crippen LogP contribution in [0.2, 0.25) is 0 Å². The standard InChI is InChI=1S/C32H17N8.Cu.4FH/c1-2-10-18-17(9-1)25-33-26(18)38-28-21-13-5-6-14-22(21)30(35-28)40-32-24-16-8-7-15-23(24)31(36-32)39-29-20-12-4-3-11-19(20)27(34-29)37-25;;;;;/h1-7,9-16H,(H2,33,34,35,36,37,38,39,40);;4*1H/q;+4;;;;/p-4. The quantitative estimate of drug-likeness (QED) is 0.139. The maximum atomic E-state index is 13.9. The second-order valence-electron chi connectivity index (χ2n) is 10.4. The normalized spacial score (nSPS) is 13.4. The summed E-state index contributed by atoms with van der Waals surface area (Å²) < 4.78 is 54.4. The SMILES string of the molecule is [F][Cu]([F])([F])([F])[c]1ccc2c3nc4nc(nc5[nH]c(nc6nc(nc([nH]3)c2c1)-c1ccccc1-6)c1ccccc51)-c1ccccc1-4. The first kappa shape index (κ1) is 25.9. The van der Waals surface area contributed by atoms with E-state index in [1.54, 1.807) is 0 Å². The predicted octanol–water partition coefficient (Wildman–Crippen LogP) is 7.72. The van der Waals surface area contributed by atoms with Gasteiger partial charge in [0.15, 0.2) is 0 Å². The molecule has 8 bridgehead atoms. The summed E-state index contributed by atoms with van der Waals surface area (Å²) in [5.41, 5.74) is 4.06. The first-order chi connectivity index (χ1) is 21.7. The molecule has 224 valence electrons. The summed E-state index contributed by atoms with van der Waals surface area (Å²) >= 11 is -7.76. The van der Waals surface area contributed by atoms with Gasteiger partial charge in [-0.15, -0.1) is 0 Å². The second kappa shape index (κ2) is 8.78. The molecule has 0 spiro atoms. The maximum absolute atomic E-state index is 13.9. The Hall–Kier alpha value is -5.52. The van der Waals surface area contributed by atoms with E-state index in [9.17, 15) is 14.2 Å². The Kier molecular flexibility index (Phi) is 5.06. The molecule has 0 amide bonds. The molecule has 0 saturated carbocycles. The van der Waals surface area contributed by atoms with Gasteiger partial charge < -0.3 is 0 Å². The molecule has 8 nitrogen and oxygen atoms in total. The Labute approximate surface area is 252 Å². The molecule has 0 unspecified atom stereocenters. The number of hydrogen-bond donors (Lipinski definition) is 2. The molecule has 2 N–H and O–H groups in total. The summed E-state index contributed by atoms with van der Waals surface area (Å²) in [6, 6.07) is 25.1. The molecular formula is C32H17CuF4N8. The molecule has 13 heteroatoms. The topological polar surface area (TPSA) is 109 Å². The molecule has 5 heterocycles. The van der Waals surface area contributed by atoms with Gasteiger partial charge >= 0.3 is 235 Å². The van der Waals surface area contributed by atoms with Crippen LogP contribution in [0.1, 0.15) is 0 Å². The van der Waals surface area contributed by atoms with Gasteiger partial charge in [0.05, 0.1) is 0 Å². The van der Waals surface area contributed by atoms with E-state index in [4.69, 9.17) is 24.9 Å². The number of nitrogens with zero attached hydrogens (tertiary/aromatic N) is 6. The fourth-order valence-corrected chi connectivity index (χ4v) is 6.40. The summed E-state index contributed by atoms with van der Waals surface area (Å²) in [4.78, 5) is 35.0. The molecule has 0 radical (unpaired) electrons. The third kappa shape index (κ3) is 4.05. The molecule has 0 fully saturated rings. The Bertz CT molecular complexity index is 2570. The molecule has 0 aliphatic carbocycles. The van der Waals surface area contributed by atoms with E-state index < -0.39 is 18.1 Å². The van der Waals surface area contributed by atoms with Crippen LogP contribution >= 0.6 is 0 Å². The van der Waals surface area contributed by atoms with Crippen molar-refractivity contribution in [2.24, 2.45) is 0 Å². The molecule has 0 saturated heterocycles. The summed E-state index contributed by atoms with van der Waals surface area (Å²) in [6.07, 6.45) is 0. The third-order valence-electron chi connectivity index (χ3n) is 7.75. The van der Waals surface area contributed by atoms with Crippen LogP contribution in [0.25, 0.3) is 89.7 Å². The van der Waals surface area contributed by atoms with Gasteiger partial charge in [0.2, 0.25) is 0 Å². The minimum absolute atomic E-state index is 0.0361. The van der Waals surface area contributed by atoms with Gasteiger partial charge in [-0.3, -0.25) is 0 Å². The van der Waals surface area contributed by atoms with Crippen LogP contribution in [0.15, 0.2) is 91.0 Å². The van der Waals surface area contributed by atoms with E-state index in [0.717, 1.165) is 28.5 Å². The van der Waals surface area contributed by atoms with Gasteiger partial charge in [-0.1, -0.05) is 18.2 Å². The van der Waals surface area contributed by atoms with Gasteiger partial charge in [-0.25, -0.2) is 0 Å². The summed E-state index contributed by atoms with van der Waals surface area (Å²) in [5, 5.41) is 1.99. The molecule has 7 aromatic rings. The summed E-state index contributed by atoms with van der Waals surface area (Å²) in [7, 11) is 0. The first-order valence-corrected chi connectivity index (χ1v) is 15.4. The van der Waals surface area contributed by atoms with Crippen molar-refractivity contribution in [2.75, 3.05) is 0 Å². The second-order valence-corrected chi connectivity index (χ2v) is 12.4. The minimum atomic E-state index is -7.76. The van der Waals surface area contributed by atoms with E-state index in [2.05, 4.69) is 15.0 Å². The zero-order chi connectivity index (χ0) is 30.5. The average Bonchev–Trinajstić information content (AvgIpc) is 3.76. The molecule has 2 aliphatic heterocycles. The van der Waals surface area contributed by atoms with Crippen LogP contribution in [0.5, 0.6) is 0 Å². The number of hydrogen-bond acceptors (Lipinski definition) is 6. The number of fused-ring (bicyclic) bond motifs is 20. The van der Waals surface area contributed by atoms with Crippen molar-refractivity contribution in [3.63, 3.8) is 0 Å². The fourth-order valence-electron chi connectivity index (χ4n) is 5.74. The van der Waals surface area contributed by atoms with E-state index >= 15 is 0 Å². The number of benzene rings is 4. The Morgan fingerprint density at radius 2 is 0.756 bits per heavy atom. The van der Waals surface area contributed by atoms with Crippen LogP contribution in [-0.2, 0) is 13.6 Å². The molecule has 0 atom stereocenters. The number of nitrogens with one attached hydrogen (secondary N) is 2. The Balaban J connectivity index is 1.49. The van der Waals surface area contributed by atoms with Crippen LogP contribution in [0, 0.1) is 0 Å². The van der Waals surface area contributed by atoms with Crippen LogP contribution < -0.4 is 4.46 Å². The zero-order valence-electron chi connectivity index (χ0n) is 22.7. The molecule has 45 heavy (non-hydrogen) atoms. The van der Waals surface area contributed by atoms with Crippen LogP contribution in [-0.4, -0.2) is 39.9 Å². The molecular weight excluding hydrogens is 636 g/mol. The van der Waals surface area contributed by atoms with Crippen molar-refractivity contribution >= 4 is 48.6 Å². The van der Waals surface area contributed by atoms with Gasteiger partial charge in [-0.2, -0.15) is 0 Å². The average molecular weight is 653 g/mol. The Morgan fingerprint density at radius 1 is 0.400 bits per heavy atom. The molecule has 3 aromatic heterocycles. The Morgan fingerprint density at radius 3 is 1.16 bits per heavy atom. The zero-order valence-corrected chi connectivity index (χ0v) is 23.6. The van der Waals surface area contributed by atoms with E-state index in [1.807, 2.05) is 72.8 Å². The van der Waals surface area contributed by atoms with Crippen molar-refractivity contribution in [3.05, 3.63) is 91.0 Å². The monoisotopic (exact) mass is 652 g/mol. The van der Waals surface area contributed by atoms with Crippen LogP contribution in [0.3, 0.4) is 0 Å². The van der Waals surface area contributed by atoms with Crippen molar-refractivity contribution in [3.8, 4) is 45.6 Å². The first-order valence-electron chi connectivity index (χ1n) is 13.5.